The average molecular weight is 256 g/mol. The van der Waals surface area contributed by atoms with Gasteiger partial charge in [-0.3, -0.25) is 0 Å². The quantitative estimate of drug-likeness (QED) is 0.888. The molecule has 0 radical (unpaired) electrons. The van der Waals surface area contributed by atoms with Crippen molar-refractivity contribution in [2.45, 2.75) is 45.0 Å². The van der Waals surface area contributed by atoms with Crippen molar-refractivity contribution in [3.63, 3.8) is 0 Å². The van der Waals surface area contributed by atoms with Crippen LogP contribution in [0.5, 0.6) is 0 Å². The molecule has 1 aromatic carbocycles. The van der Waals surface area contributed by atoms with Crippen molar-refractivity contribution in [1.82, 2.24) is 0 Å². The van der Waals surface area contributed by atoms with Gasteiger partial charge in [-0.05, 0) is 36.6 Å². The van der Waals surface area contributed by atoms with Crippen LogP contribution >= 0.6 is 11.8 Å². The van der Waals surface area contributed by atoms with Crippen LogP contribution in [0.25, 0.3) is 0 Å². The number of aliphatic hydroxyl groups excluding tert-OH is 1. The standard InChI is InChI=1S/C14H21FOS/c1-10-5-6-12(15)7-11(10)8-13(16)9-17-14(2,3)4/h5-7,13,16H,8-9H2,1-4H3. The fraction of sp³-hybridized carbons (Fsp3) is 0.571. The van der Waals surface area contributed by atoms with Gasteiger partial charge in [-0.1, -0.05) is 26.8 Å². The first kappa shape index (κ1) is 14.5. The van der Waals surface area contributed by atoms with E-state index in [4.69, 9.17) is 0 Å². The fourth-order valence-corrected chi connectivity index (χ4v) is 2.33. The van der Waals surface area contributed by atoms with Gasteiger partial charge in [0.25, 0.3) is 0 Å². The Morgan fingerprint density at radius 2 is 2.00 bits per heavy atom. The van der Waals surface area contributed by atoms with Gasteiger partial charge in [0.05, 0.1) is 6.10 Å². The van der Waals surface area contributed by atoms with Crippen molar-refractivity contribution in [1.29, 1.82) is 0 Å². The molecule has 0 aromatic heterocycles. The van der Waals surface area contributed by atoms with Crippen molar-refractivity contribution in [2.75, 3.05) is 5.75 Å². The first-order valence-electron chi connectivity index (χ1n) is 5.85. The molecule has 1 atom stereocenters. The van der Waals surface area contributed by atoms with Crippen LogP contribution in [0.1, 0.15) is 31.9 Å². The molecule has 0 amide bonds. The molecule has 0 saturated heterocycles. The lowest BCUT2D eigenvalue weighted by atomic mass is 10.0. The predicted octanol–water partition coefficient (Wildman–Crippen LogP) is 3.57. The molecule has 96 valence electrons. The highest BCUT2D eigenvalue weighted by Gasteiger charge is 2.15. The second kappa shape index (κ2) is 5.87. The Balaban J connectivity index is 2.56. The number of thioether (sulfide) groups is 1. The highest BCUT2D eigenvalue weighted by Crippen LogP contribution is 2.24. The van der Waals surface area contributed by atoms with Gasteiger partial charge in [0.1, 0.15) is 5.82 Å². The van der Waals surface area contributed by atoms with Crippen molar-refractivity contribution in [2.24, 2.45) is 0 Å². The number of hydrogen-bond acceptors (Lipinski definition) is 2. The molecule has 17 heavy (non-hydrogen) atoms. The maximum absolute atomic E-state index is 13.1. The molecule has 0 aliphatic heterocycles. The second-order valence-electron chi connectivity index (χ2n) is 5.35. The van der Waals surface area contributed by atoms with E-state index in [0.717, 1.165) is 11.1 Å². The van der Waals surface area contributed by atoms with Crippen LogP contribution in [0.2, 0.25) is 0 Å². The van der Waals surface area contributed by atoms with Crippen LogP contribution in [-0.4, -0.2) is 21.7 Å². The smallest absolute Gasteiger partial charge is 0.123 e. The summed E-state index contributed by atoms with van der Waals surface area (Å²) in [5.41, 5.74) is 1.93. The SMILES string of the molecule is Cc1ccc(F)cc1CC(O)CSC(C)(C)C. The molecular formula is C14H21FOS. The highest BCUT2D eigenvalue weighted by molar-refractivity contribution is 8.00. The molecule has 0 aliphatic rings. The molecule has 1 N–H and O–H groups in total. The van der Waals surface area contributed by atoms with E-state index in [-0.39, 0.29) is 10.6 Å². The first-order chi connectivity index (χ1) is 7.78. The lowest BCUT2D eigenvalue weighted by Crippen LogP contribution is -2.19. The summed E-state index contributed by atoms with van der Waals surface area (Å²) in [6, 6.07) is 4.73. The van der Waals surface area contributed by atoms with Gasteiger partial charge < -0.3 is 5.11 Å². The molecule has 0 fully saturated rings. The van der Waals surface area contributed by atoms with Crippen molar-refractivity contribution >= 4 is 11.8 Å². The van der Waals surface area contributed by atoms with Crippen molar-refractivity contribution in [3.8, 4) is 0 Å². The van der Waals surface area contributed by atoms with E-state index < -0.39 is 6.10 Å². The summed E-state index contributed by atoms with van der Waals surface area (Å²) in [5, 5.41) is 9.94. The van der Waals surface area contributed by atoms with Crippen LogP contribution < -0.4 is 0 Å². The van der Waals surface area contributed by atoms with E-state index in [1.165, 1.54) is 12.1 Å². The molecule has 0 saturated carbocycles. The van der Waals surface area contributed by atoms with E-state index in [2.05, 4.69) is 20.8 Å². The van der Waals surface area contributed by atoms with E-state index >= 15 is 0 Å². The zero-order chi connectivity index (χ0) is 13.1. The largest absolute Gasteiger partial charge is 0.392 e. The monoisotopic (exact) mass is 256 g/mol. The Morgan fingerprint density at radius 3 is 2.59 bits per heavy atom. The van der Waals surface area contributed by atoms with Crippen molar-refractivity contribution < 1.29 is 9.50 Å². The maximum Gasteiger partial charge on any atom is 0.123 e. The van der Waals surface area contributed by atoms with Crippen LogP contribution in [-0.2, 0) is 6.42 Å². The van der Waals surface area contributed by atoms with Gasteiger partial charge in [0.15, 0.2) is 0 Å². The molecule has 1 unspecified atom stereocenters. The Morgan fingerprint density at radius 1 is 1.35 bits per heavy atom. The predicted molar refractivity (Wildman–Crippen MR) is 73.1 cm³/mol. The topological polar surface area (TPSA) is 20.2 Å². The number of hydrogen-bond donors (Lipinski definition) is 1. The lowest BCUT2D eigenvalue weighted by molar-refractivity contribution is 0.199. The summed E-state index contributed by atoms with van der Waals surface area (Å²) in [6.45, 7) is 8.31. The molecular weight excluding hydrogens is 235 g/mol. The summed E-state index contributed by atoms with van der Waals surface area (Å²) in [4.78, 5) is 0. The van der Waals surface area contributed by atoms with Crippen LogP contribution in [0, 0.1) is 12.7 Å². The van der Waals surface area contributed by atoms with Crippen LogP contribution in [0.4, 0.5) is 4.39 Å². The van der Waals surface area contributed by atoms with Gasteiger partial charge in [-0.2, -0.15) is 11.8 Å². The van der Waals surface area contributed by atoms with Crippen LogP contribution in [0.3, 0.4) is 0 Å². The van der Waals surface area contributed by atoms with Gasteiger partial charge in [-0.25, -0.2) is 4.39 Å². The Kier molecular flexibility index (Phi) is 5.02. The molecule has 1 nitrogen and oxygen atoms in total. The molecule has 1 aromatic rings. The molecule has 0 bridgehead atoms. The summed E-state index contributed by atoms with van der Waals surface area (Å²) in [7, 11) is 0. The summed E-state index contributed by atoms with van der Waals surface area (Å²) in [6.07, 6.45) is 0.104. The van der Waals surface area contributed by atoms with Gasteiger partial charge in [-0.15, -0.1) is 0 Å². The molecule has 0 spiro atoms. The third-order valence-electron chi connectivity index (χ3n) is 2.48. The van der Waals surface area contributed by atoms with Crippen LogP contribution in [0.15, 0.2) is 18.2 Å². The van der Waals surface area contributed by atoms with Crippen molar-refractivity contribution in [3.05, 3.63) is 35.1 Å². The van der Waals surface area contributed by atoms with E-state index in [1.54, 1.807) is 17.8 Å². The summed E-state index contributed by atoms with van der Waals surface area (Å²) >= 11 is 1.73. The number of benzene rings is 1. The van der Waals surface area contributed by atoms with E-state index in [1.807, 2.05) is 6.92 Å². The molecule has 0 heterocycles. The van der Waals surface area contributed by atoms with E-state index in [9.17, 15) is 9.50 Å². The third kappa shape index (κ3) is 5.55. The zero-order valence-electron chi connectivity index (χ0n) is 11.0. The van der Waals surface area contributed by atoms with Gasteiger partial charge in [0.2, 0.25) is 0 Å². The first-order valence-corrected chi connectivity index (χ1v) is 6.83. The van der Waals surface area contributed by atoms with E-state index in [0.29, 0.717) is 12.2 Å². The number of halogens is 1. The summed E-state index contributed by atoms with van der Waals surface area (Å²) in [5.74, 6) is 0.445. The minimum atomic E-state index is -0.417. The molecule has 3 heteroatoms. The minimum absolute atomic E-state index is 0.151. The Hall–Kier alpha value is -0.540. The highest BCUT2D eigenvalue weighted by atomic mass is 32.2. The second-order valence-corrected chi connectivity index (χ2v) is 7.20. The Bertz CT molecular complexity index is 371. The fourth-order valence-electron chi connectivity index (χ4n) is 1.52. The number of aliphatic hydroxyl groups is 1. The number of rotatable bonds is 4. The normalized spacial score (nSPS) is 13.8. The number of aryl methyl sites for hydroxylation is 1. The lowest BCUT2D eigenvalue weighted by Gasteiger charge is -2.20. The zero-order valence-corrected chi connectivity index (χ0v) is 11.8. The Labute approximate surface area is 107 Å². The molecule has 0 aliphatic carbocycles. The third-order valence-corrected chi connectivity index (χ3v) is 3.89. The minimum Gasteiger partial charge on any atom is -0.392 e. The summed E-state index contributed by atoms with van der Waals surface area (Å²) < 4.78 is 13.2. The molecule has 1 rings (SSSR count). The van der Waals surface area contributed by atoms with Gasteiger partial charge >= 0.3 is 0 Å². The van der Waals surface area contributed by atoms with Gasteiger partial charge in [0, 0.05) is 10.5 Å². The average Bonchev–Trinajstić information content (AvgIpc) is 2.20. The maximum atomic E-state index is 13.1.